The summed E-state index contributed by atoms with van der Waals surface area (Å²) in [5.41, 5.74) is 1.87. The Morgan fingerprint density at radius 2 is 2.06 bits per heavy atom. The predicted octanol–water partition coefficient (Wildman–Crippen LogP) is 6.87. The van der Waals surface area contributed by atoms with Crippen LogP contribution in [0.25, 0.3) is 32.9 Å². The molecule has 9 heteroatoms. The number of nitrogens with zero attached hydrogens (tertiary/aromatic N) is 5. The number of halogens is 2. The minimum Gasteiger partial charge on any atom is -0.508 e. The number of pyridine rings is 1. The van der Waals surface area contributed by atoms with Gasteiger partial charge in [0.25, 0.3) is 0 Å². The first-order valence-corrected chi connectivity index (χ1v) is 16.6. The highest BCUT2D eigenvalue weighted by molar-refractivity contribution is 6.04. The molecule has 2 aliphatic carbocycles. The van der Waals surface area contributed by atoms with Crippen LogP contribution >= 0.6 is 0 Å². The number of alkyl halides is 1. The normalized spacial score (nSPS) is 28.5. The third-order valence-electron chi connectivity index (χ3n) is 11.6. The summed E-state index contributed by atoms with van der Waals surface area (Å²) in [6.07, 6.45) is 12.3. The summed E-state index contributed by atoms with van der Waals surface area (Å²) in [6.45, 7) is 5.91. The van der Waals surface area contributed by atoms with Gasteiger partial charge in [-0.25, -0.2) is 8.78 Å². The number of terminal acetylenes is 1. The Morgan fingerprint density at radius 3 is 2.87 bits per heavy atom. The summed E-state index contributed by atoms with van der Waals surface area (Å²) in [7, 11) is 0. The minimum absolute atomic E-state index is 0.0372. The lowest BCUT2D eigenvalue weighted by atomic mass is 9.80. The maximum absolute atomic E-state index is 15.2. The number of aryl methyl sites for hydroxylation is 1. The number of benzene rings is 2. The van der Waals surface area contributed by atoms with Gasteiger partial charge < -0.3 is 14.7 Å². The van der Waals surface area contributed by atoms with Crippen molar-refractivity contribution < 1.29 is 21.4 Å². The van der Waals surface area contributed by atoms with Gasteiger partial charge in [-0.2, -0.15) is 9.97 Å². The molecule has 240 valence electrons. The zero-order valence-corrected chi connectivity index (χ0v) is 26.3. The third kappa shape index (κ3) is 4.16. The average molecular weight is 636 g/mol. The van der Waals surface area contributed by atoms with Crippen molar-refractivity contribution in [3.8, 4) is 35.4 Å². The van der Waals surface area contributed by atoms with Gasteiger partial charge in [-0.3, -0.25) is 9.88 Å². The van der Waals surface area contributed by atoms with Crippen LogP contribution < -0.4 is 9.64 Å². The van der Waals surface area contributed by atoms with Crippen LogP contribution in [-0.2, 0) is 0 Å². The lowest BCUT2D eigenvalue weighted by Gasteiger charge is -2.37. The number of phenols is 1. The Bertz CT molecular complexity index is 2150. The summed E-state index contributed by atoms with van der Waals surface area (Å²) in [5.74, 6) is 2.24. The monoisotopic (exact) mass is 635 g/mol. The van der Waals surface area contributed by atoms with E-state index in [1.54, 1.807) is 12.3 Å². The van der Waals surface area contributed by atoms with Crippen molar-refractivity contribution in [2.75, 3.05) is 31.1 Å². The third-order valence-corrected chi connectivity index (χ3v) is 11.6. The fourth-order valence-electron chi connectivity index (χ4n) is 9.01. The van der Waals surface area contributed by atoms with Crippen molar-refractivity contribution >= 4 is 27.5 Å². The van der Waals surface area contributed by atoms with E-state index in [0.29, 0.717) is 63.8 Å². The zero-order chi connectivity index (χ0) is 34.0. The molecule has 1 N–H and O–H groups in total. The van der Waals surface area contributed by atoms with Crippen LogP contribution in [0.3, 0.4) is 0 Å². The molecule has 9 rings (SSSR count). The quantitative estimate of drug-likeness (QED) is 0.190. The first-order valence-electron chi connectivity index (χ1n) is 17.6. The van der Waals surface area contributed by atoms with E-state index >= 15 is 8.78 Å². The lowest BCUT2D eigenvalue weighted by Crippen LogP contribution is -2.49. The van der Waals surface area contributed by atoms with Crippen LogP contribution in [0.15, 0.2) is 42.6 Å². The van der Waals surface area contributed by atoms with Gasteiger partial charge in [0.1, 0.15) is 30.1 Å². The van der Waals surface area contributed by atoms with E-state index in [2.05, 4.69) is 17.4 Å². The van der Waals surface area contributed by atoms with Crippen molar-refractivity contribution in [1.29, 1.82) is 0 Å². The molecular weight excluding hydrogens is 596 g/mol. The fraction of sp³-hybridized carbons (Fsp3) is 0.447. The van der Waals surface area contributed by atoms with Gasteiger partial charge in [-0.05, 0) is 81.0 Å². The number of aromatic nitrogens is 3. The predicted molar refractivity (Wildman–Crippen MR) is 178 cm³/mol. The second kappa shape index (κ2) is 10.1. The Kier molecular flexibility index (Phi) is 5.75. The summed E-state index contributed by atoms with van der Waals surface area (Å²) < 4.78 is 55.7. The van der Waals surface area contributed by atoms with Crippen LogP contribution in [-0.4, -0.2) is 68.9 Å². The number of aromatic hydroxyl groups is 1. The molecule has 3 saturated heterocycles. The number of anilines is 1. The van der Waals surface area contributed by atoms with Crippen LogP contribution in [0.4, 0.5) is 14.6 Å². The van der Waals surface area contributed by atoms with E-state index in [9.17, 15) is 7.85 Å². The molecule has 4 atom stereocenters. The van der Waals surface area contributed by atoms with Crippen LogP contribution in [0, 0.1) is 36.4 Å². The second-order valence-electron chi connectivity index (χ2n) is 14.2. The maximum Gasteiger partial charge on any atom is 0.319 e. The summed E-state index contributed by atoms with van der Waals surface area (Å²) in [6, 6.07) is 5.41. The van der Waals surface area contributed by atoms with Gasteiger partial charge in [0.2, 0.25) is 0 Å². The van der Waals surface area contributed by atoms with Crippen LogP contribution in [0.2, 0.25) is 0 Å². The minimum atomic E-state index is -2.15. The van der Waals surface area contributed by atoms with E-state index in [4.69, 9.17) is 26.1 Å². The molecular formula is C38H37F2N5O2. The molecule has 2 aromatic carbocycles. The Labute approximate surface area is 275 Å². The SMILES string of the molecule is [2H]C([2H])(Oc1nc(N2CCCC[C@H]3[C@H](F)[C@H]32)c2cnc(-c3cc(O)cc4ccc(F)c(C#C)c34)c(C)c2n1)[C@]12CC(=C)CN1CCC21CC1. The number of phenolic OH excluding ortho intramolecular Hbond substituents is 1. The van der Waals surface area contributed by atoms with Crippen LogP contribution in [0.5, 0.6) is 11.8 Å². The Morgan fingerprint density at radius 1 is 1.21 bits per heavy atom. The fourth-order valence-corrected chi connectivity index (χ4v) is 9.01. The largest absolute Gasteiger partial charge is 0.508 e. The molecule has 3 aliphatic heterocycles. The summed E-state index contributed by atoms with van der Waals surface area (Å²) >= 11 is 0. The van der Waals surface area contributed by atoms with E-state index in [-0.39, 0.29) is 34.7 Å². The van der Waals surface area contributed by atoms with E-state index in [0.717, 1.165) is 50.6 Å². The first kappa shape index (κ1) is 26.7. The van der Waals surface area contributed by atoms with Gasteiger partial charge in [-0.15, -0.1) is 6.42 Å². The van der Waals surface area contributed by atoms with E-state index in [1.165, 1.54) is 18.2 Å². The Balaban J connectivity index is 1.24. The molecule has 2 saturated carbocycles. The molecule has 0 bridgehead atoms. The molecule has 0 radical (unpaired) electrons. The molecule has 5 aliphatic rings. The molecule has 2 aromatic heterocycles. The summed E-state index contributed by atoms with van der Waals surface area (Å²) in [4.78, 5) is 18.7. The second-order valence-corrected chi connectivity index (χ2v) is 14.2. The molecule has 5 fully saturated rings. The average Bonchev–Trinajstić information content (AvgIpc) is 3.93. The van der Waals surface area contributed by atoms with Gasteiger partial charge >= 0.3 is 6.01 Å². The van der Waals surface area contributed by atoms with Gasteiger partial charge in [0, 0.05) is 41.7 Å². The molecule has 7 nitrogen and oxygen atoms in total. The topological polar surface area (TPSA) is 74.6 Å². The molecule has 4 aromatic rings. The number of hydrogen-bond acceptors (Lipinski definition) is 7. The molecule has 47 heavy (non-hydrogen) atoms. The molecule has 0 amide bonds. The van der Waals surface area contributed by atoms with Crippen molar-refractivity contribution in [2.24, 2.45) is 11.3 Å². The van der Waals surface area contributed by atoms with Crippen molar-refractivity contribution in [1.82, 2.24) is 19.9 Å². The van der Waals surface area contributed by atoms with Crippen LogP contribution in [0.1, 0.15) is 58.8 Å². The smallest absolute Gasteiger partial charge is 0.319 e. The Hall–Kier alpha value is -4.29. The number of fused-ring (bicyclic) bond motifs is 5. The first-order chi connectivity index (χ1) is 23.5. The zero-order valence-electron chi connectivity index (χ0n) is 28.3. The molecule has 1 spiro atoms. The maximum atomic E-state index is 15.2. The van der Waals surface area contributed by atoms with E-state index < -0.39 is 24.1 Å². The highest BCUT2D eigenvalue weighted by Crippen LogP contribution is 2.66. The highest BCUT2D eigenvalue weighted by atomic mass is 19.1. The highest BCUT2D eigenvalue weighted by Gasteiger charge is 2.67. The van der Waals surface area contributed by atoms with Gasteiger partial charge in [-0.1, -0.05) is 30.6 Å². The standard InChI is InChI=1S/C38H37F2N5O2/c1-4-25-29(39)9-8-23-15-24(46)16-27(30(23)25)32-22(3)33-28(18-41-32)35(45-13-6-5-7-26-31(40)34(26)45)43-36(42-33)47-20-38-17-21(2)19-44(38)14-12-37(38)10-11-37/h1,8-9,15-16,18,26,31,34,46H,2,5-7,10-14,17,19-20H2,3H3/t26-,31-,34-,38-/m0/s1/i20D2. The van der Waals surface area contributed by atoms with Gasteiger partial charge in [0.15, 0.2) is 0 Å². The molecule has 5 heterocycles. The van der Waals surface area contributed by atoms with E-state index in [1.807, 2.05) is 11.8 Å². The summed E-state index contributed by atoms with van der Waals surface area (Å²) in [5, 5.41) is 12.3. The van der Waals surface area contributed by atoms with Crippen molar-refractivity contribution in [3.63, 3.8) is 0 Å². The van der Waals surface area contributed by atoms with Crippen molar-refractivity contribution in [3.05, 3.63) is 59.6 Å². The molecule has 0 unspecified atom stereocenters. The number of rotatable bonds is 5. The number of ether oxygens (including phenoxy) is 1. The van der Waals surface area contributed by atoms with Gasteiger partial charge in [0.05, 0.1) is 36.5 Å². The lowest BCUT2D eigenvalue weighted by molar-refractivity contribution is 0.0649. The van der Waals surface area contributed by atoms with Crippen molar-refractivity contribution in [2.45, 2.75) is 69.6 Å². The number of hydrogen-bond donors (Lipinski definition) is 1.